The first-order chi connectivity index (χ1) is 11.5. The van der Waals surface area contributed by atoms with Crippen LogP contribution in [0.25, 0.3) is 11.1 Å². The van der Waals surface area contributed by atoms with Crippen molar-refractivity contribution in [3.63, 3.8) is 0 Å². The molecule has 2 amide bonds. The van der Waals surface area contributed by atoms with Crippen LogP contribution in [0, 0.1) is 5.82 Å². The molecule has 0 radical (unpaired) electrons. The molecule has 1 saturated heterocycles. The van der Waals surface area contributed by atoms with E-state index in [-0.39, 0.29) is 5.02 Å². The lowest BCUT2D eigenvalue weighted by molar-refractivity contribution is -0.145. The van der Waals surface area contributed by atoms with E-state index in [1.807, 2.05) is 6.07 Å². The van der Waals surface area contributed by atoms with E-state index < -0.39 is 23.9 Å². The summed E-state index contributed by atoms with van der Waals surface area (Å²) in [5, 5.41) is 11.6. The summed E-state index contributed by atoms with van der Waals surface area (Å²) in [6, 6.07) is 10.2. The molecule has 0 bridgehead atoms. The van der Waals surface area contributed by atoms with Crippen LogP contribution >= 0.6 is 11.6 Å². The molecule has 0 aromatic heterocycles. The fraction of sp³-hybridized carbons (Fsp3) is 0.176. The van der Waals surface area contributed by atoms with Gasteiger partial charge in [0.15, 0.2) is 0 Å². The highest BCUT2D eigenvalue weighted by molar-refractivity contribution is 6.31. The van der Waals surface area contributed by atoms with E-state index in [1.54, 1.807) is 24.3 Å². The van der Waals surface area contributed by atoms with Crippen LogP contribution in [-0.4, -0.2) is 34.6 Å². The van der Waals surface area contributed by atoms with Crippen molar-refractivity contribution < 1.29 is 19.1 Å². The van der Waals surface area contributed by atoms with Crippen LogP contribution in [0.3, 0.4) is 0 Å². The highest BCUT2D eigenvalue weighted by Crippen LogP contribution is 2.33. The summed E-state index contributed by atoms with van der Waals surface area (Å²) >= 11 is 5.83. The highest BCUT2D eigenvalue weighted by atomic mass is 35.5. The van der Waals surface area contributed by atoms with Crippen LogP contribution in [0.5, 0.6) is 0 Å². The molecule has 5 nitrogen and oxygen atoms in total. The number of nitrogens with one attached hydrogen (secondary N) is 1. The lowest BCUT2D eigenvalue weighted by atomic mass is 10.0. The van der Waals surface area contributed by atoms with Gasteiger partial charge in [-0.1, -0.05) is 41.9 Å². The second-order valence-corrected chi connectivity index (χ2v) is 5.85. The minimum atomic E-state index is -1.04. The fourth-order valence-electron chi connectivity index (χ4n) is 2.58. The summed E-state index contributed by atoms with van der Waals surface area (Å²) in [6.07, 6.45) is 0.415. The zero-order chi connectivity index (χ0) is 17.3. The van der Waals surface area contributed by atoms with Gasteiger partial charge in [-0.05, 0) is 24.1 Å². The quantitative estimate of drug-likeness (QED) is 0.885. The minimum absolute atomic E-state index is 0.122. The zero-order valence-corrected chi connectivity index (χ0v) is 13.3. The van der Waals surface area contributed by atoms with Crippen molar-refractivity contribution in [2.75, 3.05) is 11.9 Å². The third-order valence-electron chi connectivity index (χ3n) is 3.95. The van der Waals surface area contributed by atoms with Gasteiger partial charge in [0.25, 0.3) is 0 Å². The Hall–Kier alpha value is -2.60. The van der Waals surface area contributed by atoms with Gasteiger partial charge in [0, 0.05) is 12.1 Å². The van der Waals surface area contributed by atoms with Crippen molar-refractivity contribution in [1.29, 1.82) is 0 Å². The van der Waals surface area contributed by atoms with Gasteiger partial charge >= 0.3 is 12.0 Å². The predicted octanol–water partition coefficient (Wildman–Crippen LogP) is 3.84. The maximum absolute atomic E-state index is 13.9. The molecule has 1 aliphatic heterocycles. The molecule has 1 heterocycles. The van der Waals surface area contributed by atoms with E-state index in [0.29, 0.717) is 29.8 Å². The SMILES string of the molecule is O=C(O)C1CCN1C(=O)Nc1cc(Cl)c(F)cc1-c1ccccc1. The molecule has 0 spiro atoms. The average molecular weight is 349 g/mol. The Bertz CT molecular complexity index is 798. The molecular formula is C17H14ClFN2O3. The van der Waals surface area contributed by atoms with Crippen molar-refractivity contribution in [3.05, 3.63) is 53.3 Å². The number of hydrogen-bond donors (Lipinski definition) is 2. The third-order valence-corrected chi connectivity index (χ3v) is 4.24. The Labute approximate surface area is 142 Å². The van der Waals surface area contributed by atoms with Crippen LogP contribution < -0.4 is 5.32 Å². The summed E-state index contributed by atoms with van der Waals surface area (Å²) in [6.45, 7) is 0.360. The summed E-state index contributed by atoms with van der Waals surface area (Å²) in [4.78, 5) is 24.6. The second-order valence-electron chi connectivity index (χ2n) is 5.44. The van der Waals surface area contributed by atoms with Crippen molar-refractivity contribution in [1.82, 2.24) is 4.90 Å². The molecule has 124 valence electrons. The van der Waals surface area contributed by atoms with E-state index in [4.69, 9.17) is 16.7 Å². The molecule has 1 fully saturated rings. The number of rotatable bonds is 3. The van der Waals surface area contributed by atoms with E-state index in [2.05, 4.69) is 5.32 Å². The number of carboxylic acid groups (broad SMARTS) is 1. The number of hydrogen-bond acceptors (Lipinski definition) is 2. The lowest BCUT2D eigenvalue weighted by Gasteiger charge is -2.37. The molecule has 2 N–H and O–H groups in total. The summed E-state index contributed by atoms with van der Waals surface area (Å²) in [5.74, 6) is -1.64. The normalized spacial score (nSPS) is 16.4. The van der Waals surface area contributed by atoms with Crippen molar-refractivity contribution in [2.45, 2.75) is 12.5 Å². The van der Waals surface area contributed by atoms with Crippen LogP contribution in [-0.2, 0) is 4.79 Å². The minimum Gasteiger partial charge on any atom is -0.480 e. The average Bonchev–Trinajstić information content (AvgIpc) is 2.49. The summed E-state index contributed by atoms with van der Waals surface area (Å²) < 4.78 is 13.9. The molecule has 1 aliphatic rings. The van der Waals surface area contributed by atoms with Crippen LogP contribution in [0.4, 0.5) is 14.9 Å². The number of aliphatic carboxylic acids is 1. The van der Waals surface area contributed by atoms with Crippen molar-refractivity contribution in [3.8, 4) is 11.1 Å². The van der Waals surface area contributed by atoms with E-state index in [9.17, 15) is 14.0 Å². The van der Waals surface area contributed by atoms with Crippen LogP contribution in [0.15, 0.2) is 42.5 Å². The maximum Gasteiger partial charge on any atom is 0.326 e. The molecule has 7 heteroatoms. The largest absolute Gasteiger partial charge is 0.480 e. The van der Waals surface area contributed by atoms with Crippen LogP contribution in [0.2, 0.25) is 5.02 Å². The number of carbonyl (C=O) groups excluding carboxylic acids is 1. The summed E-state index contributed by atoms with van der Waals surface area (Å²) in [7, 11) is 0. The highest BCUT2D eigenvalue weighted by Gasteiger charge is 2.37. The standard InChI is InChI=1S/C17H14ClFN2O3/c18-12-9-14(20-17(24)21-7-6-15(21)16(22)23)11(8-13(12)19)10-4-2-1-3-5-10/h1-5,8-9,15H,6-7H2,(H,20,24)(H,22,23). The van der Waals surface area contributed by atoms with Crippen LogP contribution in [0.1, 0.15) is 6.42 Å². The van der Waals surface area contributed by atoms with E-state index in [0.717, 1.165) is 0 Å². The van der Waals surface area contributed by atoms with Crippen molar-refractivity contribution >= 4 is 29.3 Å². The number of halogens is 2. The van der Waals surface area contributed by atoms with Gasteiger partial charge in [-0.3, -0.25) is 0 Å². The smallest absolute Gasteiger partial charge is 0.326 e. The van der Waals surface area contributed by atoms with Gasteiger partial charge in [-0.15, -0.1) is 0 Å². The van der Waals surface area contributed by atoms with E-state index >= 15 is 0 Å². The predicted molar refractivity (Wildman–Crippen MR) is 88.6 cm³/mol. The Morgan fingerprint density at radius 1 is 1.25 bits per heavy atom. The molecule has 1 atom stereocenters. The number of anilines is 1. The number of amides is 2. The molecule has 2 aromatic rings. The molecule has 3 rings (SSSR count). The van der Waals surface area contributed by atoms with Crippen molar-refractivity contribution in [2.24, 2.45) is 0 Å². The van der Waals surface area contributed by atoms with Gasteiger partial charge in [0.2, 0.25) is 0 Å². The van der Waals surface area contributed by atoms with Gasteiger partial charge in [-0.2, -0.15) is 0 Å². The van der Waals surface area contributed by atoms with E-state index in [1.165, 1.54) is 17.0 Å². The number of urea groups is 1. The topological polar surface area (TPSA) is 69.6 Å². The van der Waals surface area contributed by atoms with Gasteiger partial charge in [0.1, 0.15) is 11.9 Å². The molecule has 1 unspecified atom stereocenters. The zero-order valence-electron chi connectivity index (χ0n) is 12.5. The molecule has 0 aliphatic carbocycles. The molecular weight excluding hydrogens is 335 g/mol. The fourth-order valence-corrected chi connectivity index (χ4v) is 2.74. The third kappa shape index (κ3) is 3.05. The molecule has 24 heavy (non-hydrogen) atoms. The number of benzene rings is 2. The Morgan fingerprint density at radius 3 is 2.54 bits per heavy atom. The number of nitrogens with zero attached hydrogens (tertiary/aromatic N) is 1. The first kappa shape index (κ1) is 16.3. The number of likely N-dealkylation sites (tertiary alicyclic amines) is 1. The monoisotopic (exact) mass is 348 g/mol. The first-order valence-electron chi connectivity index (χ1n) is 7.32. The number of carbonyl (C=O) groups is 2. The Kier molecular flexibility index (Phi) is 4.40. The molecule has 2 aromatic carbocycles. The van der Waals surface area contributed by atoms with Gasteiger partial charge < -0.3 is 15.3 Å². The van der Waals surface area contributed by atoms with Gasteiger partial charge in [-0.25, -0.2) is 14.0 Å². The first-order valence-corrected chi connectivity index (χ1v) is 7.70. The van der Waals surface area contributed by atoms with Gasteiger partial charge in [0.05, 0.1) is 10.7 Å². The maximum atomic E-state index is 13.9. The lowest BCUT2D eigenvalue weighted by Crippen LogP contribution is -2.56. The second kappa shape index (κ2) is 6.49. The molecule has 0 saturated carbocycles. The number of carboxylic acids is 1. The Morgan fingerprint density at radius 2 is 1.96 bits per heavy atom. The summed E-state index contributed by atoms with van der Waals surface area (Å²) in [5.41, 5.74) is 1.51. The Balaban J connectivity index is 1.91.